The van der Waals surface area contributed by atoms with E-state index in [4.69, 9.17) is 15.0 Å². The molecule has 1 aromatic heterocycles. The van der Waals surface area contributed by atoms with Crippen LogP contribution in [0.1, 0.15) is 39.3 Å². The first-order valence-electron chi connectivity index (χ1n) is 24.1. The van der Waals surface area contributed by atoms with Crippen molar-refractivity contribution in [3.8, 4) is 89.8 Å². The van der Waals surface area contributed by atoms with Gasteiger partial charge < -0.3 is 0 Å². The van der Waals surface area contributed by atoms with Crippen molar-refractivity contribution in [2.24, 2.45) is 0 Å². The minimum absolute atomic E-state index is 0.115. The Labute approximate surface area is 411 Å². The third-order valence-electron chi connectivity index (χ3n) is 13.6. The van der Waals surface area contributed by atoms with E-state index in [0.717, 1.165) is 33.4 Å². The number of hydrogen-bond acceptors (Lipinski definition) is 3. The molecule has 70 heavy (non-hydrogen) atoms. The fourth-order valence-electron chi connectivity index (χ4n) is 10.0. The van der Waals surface area contributed by atoms with E-state index in [2.05, 4.69) is 209 Å². The van der Waals surface area contributed by atoms with E-state index < -0.39 is 0 Å². The number of aromatic nitrogens is 3. The van der Waals surface area contributed by atoms with Crippen LogP contribution in [-0.4, -0.2) is 15.0 Å². The molecule has 10 aromatic carbocycles. The summed E-state index contributed by atoms with van der Waals surface area (Å²) in [5.41, 5.74) is 22.4. The Morgan fingerprint density at radius 3 is 0.986 bits per heavy atom. The molecule has 11 rings (SSSR count). The second-order valence-corrected chi connectivity index (χ2v) is 18.0. The maximum absolute atomic E-state index is 4.97. The third-order valence-corrected chi connectivity index (χ3v) is 13.6. The summed E-state index contributed by atoms with van der Waals surface area (Å²) < 4.78 is 0. The summed E-state index contributed by atoms with van der Waals surface area (Å²) in [4.78, 5) is 14.8. The van der Waals surface area contributed by atoms with Gasteiger partial charge in [-0.05, 0) is 110 Å². The van der Waals surface area contributed by atoms with E-state index in [1.807, 2.05) is 60.7 Å². The lowest BCUT2D eigenvalue weighted by molar-refractivity contribution is 0.983. The van der Waals surface area contributed by atoms with Crippen LogP contribution >= 0.6 is 0 Å². The molecular weight excluding hydrogens is 847 g/mol. The molecule has 0 amide bonds. The monoisotopic (exact) mass is 897 g/mol. The molecule has 3 nitrogen and oxygen atoms in total. The van der Waals surface area contributed by atoms with Crippen LogP contribution in [0.5, 0.6) is 0 Å². The van der Waals surface area contributed by atoms with Gasteiger partial charge in [-0.3, -0.25) is 0 Å². The van der Waals surface area contributed by atoms with Crippen molar-refractivity contribution in [1.29, 1.82) is 0 Å². The standard InChI is InChI=1S/C67H51N3/c1-45-21-10-13-28-54(45)58-31-16-18-33-60(58)64(61-34-19-17-32-59(61)55-29-14-11-22-46(55)2)62-36-20-35-57(63(62)56-30-15-12-23-47(56)3)50-41-37-48(38-42-50)49-39-43-53(44-40-49)67-69-65(51-24-6-4-7-25-51)68-66(70-67)52-26-8-5-9-27-52/h4-44,64H,1-3H3. The molecule has 3 heteroatoms. The Morgan fingerprint density at radius 2 is 0.543 bits per heavy atom. The van der Waals surface area contributed by atoms with Gasteiger partial charge in [0.15, 0.2) is 17.5 Å². The normalized spacial score (nSPS) is 11.2. The molecule has 0 aliphatic carbocycles. The van der Waals surface area contributed by atoms with Crippen molar-refractivity contribution in [3.05, 3.63) is 282 Å². The van der Waals surface area contributed by atoms with E-state index >= 15 is 0 Å². The van der Waals surface area contributed by atoms with Crippen LogP contribution in [-0.2, 0) is 0 Å². The fraction of sp³-hybridized carbons (Fsp3) is 0.0597. The van der Waals surface area contributed by atoms with Gasteiger partial charge in [-0.15, -0.1) is 0 Å². The number of aryl methyl sites for hydroxylation is 3. The second-order valence-electron chi connectivity index (χ2n) is 18.0. The largest absolute Gasteiger partial charge is 0.208 e. The molecule has 0 unspecified atom stereocenters. The molecule has 0 aliphatic rings. The summed E-state index contributed by atoms with van der Waals surface area (Å²) in [6, 6.07) is 89.3. The summed E-state index contributed by atoms with van der Waals surface area (Å²) in [5, 5.41) is 0. The van der Waals surface area contributed by atoms with Gasteiger partial charge in [0.05, 0.1) is 0 Å². The molecule has 334 valence electrons. The Bertz CT molecular complexity index is 3470. The molecule has 11 aromatic rings. The molecule has 0 spiro atoms. The predicted octanol–water partition coefficient (Wildman–Crippen LogP) is 17.3. The fourth-order valence-corrected chi connectivity index (χ4v) is 10.0. The highest BCUT2D eigenvalue weighted by molar-refractivity contribution is 5.90. The summed E-state index contributed by atoms with van der Waals surface area (Å²) in [6.45, 7) is 6.68. The molecule has 0 aliphatic heterocycles. The van der Waals surface area contributed by atoms with Gasteiger partial charge >= 0.3 is 0 Å². The van der Waals surface area contributed by atoms with Crippen LogP contribution in [0.3, 0.4) is 0 Å². The maximum Gasteiger partial charge on any atom is 0.164 e. The van der Waals surface area contributed by atoms with Crippen LogP contribution in [0.25, 0.3) is 89.8 Å². The first-order valence-corrected chi connectivity index (χ1v) is 24.1. The Hall–Kier alpha value is -8.79. The molecular formula is C67H51N3. The maximum atomic E-state index is 4.97. The SMILES string of the molecule is Cc1ccccc1-c1ccccc1C(c1ccccc1-c1ccccc1C)c1cccc(-c2ccc(-c3ccc(-c4nc(-c5ccccc5)nc(-c5ccccc5)n4)cc3)cc2)c1-c1ccccc1C. The van der Waals surface area contributed by atoms with Crippen LogP contribution in [0.2, 0.25) is 0 Å². The van der Waals surface area contributed by atoms with Crippen LogP contribution in [0.15, 0.2) is 249 Å². The first-order chi connectivity index (χ1) is 34.5. The van der Waals surface area contributed by atoms with E-state index in [-0.39, 0.29) is 5.92 Å². The summed E-state index contributed by atoms with van der Waals surface area (Å²) in [6.07, 6.45) is 0. The van der Waals surface area contributed by atoms with Gasteiger partial charge in [0, 0.05) is 22.6 Å². The minimum atomic E-state index is -0.115. The number of nitrogens with zero attached hydrogens (tertiary/aromatic N) is 3. The molecule has 1 heterocycles. The van der Waals surface area contributed by atoms with Crippen molar-refractivity contribution < 1.29 is 0 Å². The van der Waals surface area contributed by atoms with Gasteiger partial charge in [-0.1, -0.05) is 249 Å². The summed E-state index contributed by atoms with van der Waals surface area (Å²) in [7, 11) is 0. The number of hydrogen-bond donors (Lipinski definition) is 0. The zero-order valence-electron chi connectivity index (χ0n) is 39.6. The van der Waals surface area contributed by atoms with Crippen molar-refractivity contribution in [1.82, 2.24) is 15.0 Å². The average molecular weight is 898 g/mol. The van der Waals surface area contributed by atoms with E-state index in [1.54, 1.807) is 0 Å². The van der Waals surface area contributed by atoms with E-state index in [1.165, 1.54) is 72.3 Å². The van der Waals surface area contributed by atoms with Gasteiger partial charge in [0.1, 0.15) is 0 Å². The molecule has 0 N–H and O–H groups in total. The van der Waals surface area contributed by atoms with Gasteiger partial charge in [0.2, 0.25) is 0 Å². The molecule has 0 bridgehead atoms. The highest BCUT2D eigenvalue weighted by Crippen LogP contribution is 2.48. The smallest absolute Gasteiger partial charge is 0.164 e. The minimum Gasteiger partial charge on any atom is -0.208 e. The molecule has 0 atom stereocenters. The summed E-state index contributed by atoms with van der Waals surface area (Å²) >= 11 is 0. The molecule has 0 saturated heterocycles. The molecule has 0 saturated carbocycles. The van der Waals surface area contributed by atoms with E-state index in [0.29, 0.717) is 17.5 Å². The molecule has 0 radical (unpaired) electrons. The van der Waals surface area contributed by atoms with Gasteiger partial charge in [-0.2, -0.15) is 0 Å². The van der Waals surface area contributed by atoms with Crippen LogP contribution in [0.4, 0.5) is 0 Å². The lowest BCUT2D eigenvalue weighted by atomic mass is 9.74. The lowest BCUT2D eigenvalue weighted by Gasteiger charge is -2.29. The zero-order chi connectivity index (χ0) is 47.4. The van der Waals surface area contributed by atoms with Gasteiger partial charge in [0.25, 0.3) is 0 Å². The number of benzene rings is 10. The van der Waals surface area contributed by atoms with Crippen LogP contribution in [0, 0.1) is 20.8 Å². The van der Waals surface area contributed by atoms with Crippen molar-refractivity contribution in [3.63, 3.8) is 0 Å². The average Bonchev–Trinajstić information content (AvgIpc) is 3.42. The highest BCUT2D eigenvalue weighted by atomic mass is 15.0. The second kappa shape index (κ2) is 19.4. The Morgan fingerprint density at radius 1 is 0.229 bits per heavy atom. The number of rotatable bonds is 11. The third kappa shape index (κ3) is 8.66. The van der Waals surface area contributed by atoms with Crippen molar-refractivity contribution in [2.45, 2.75) is 26.7 Å². The zero-order valence-corrected chi connectivity index (χ0v) is 39.6. The van der Waals surface area contributed by atoms with Crippen LogP contribution < -0.4 is 0 Å². The first kappa shape index (κ1) is 43.8. The lowest BCUT2D eigenvalue weighted by Crippen LogP contribution is -2.10. The van der Waals surface area contributed by atoms with Gasteiger partial charge in [-0.25, -0.2) is 15.0 Å². The Balaban J connectivity index is 1.03. The van der Waals surface area contributed by atoms with Crippen molar-refractivity contribution in [2.75, 3.05) is 0 Å². The molecule has 0 fully saturated rings. The van der Waals surface area contributed by atoms with E-state index in [9.17, 15) is 0 Å². The highest BCUT2D eigenvalue weighted by Gasteiger charge is 2.28. The topological polar surface area (TPSA) is 38.7 Å². The quantitative estimate of drug-likeness (QED) is 0.121. The van der Waals surface area contributed by atoms with Crippen molar-refractivity contribution >= 4 is 0 Å². The summed E-state index contributed by atoms with van der Waals surface area (Å²) in [5.74, 6) is 1.82. The Kier molecular flexibility index (Phi) is 12.2. The predicted molar refractivity (Wildman–Crippen MR) is 291 cm³/mol.